The summed E-state index contributed by atoms with van der Waals surface area (Å²) >= 11 is 0. The van der Waals surface area contributed by atoms with Crippen molar-refractivity contribution in [2.24, 2.45) is 10.9 Å². The summed E-state index contributed by atoms with van der Waals surface area (Å²) in [5.74, 6) is 0.101. The molecule has 0 amide bonds. The van der Waals surface area contributed by atoms with Crippen LogP contribution >= 0.6 is 0 Å². The molecular formula is C9H14N4O2. The second-order valence-corrected chi connectivity index (χ2v) is 3.27. The number of amidine groups is 1. The topological polar surface area (TPSA) is 93.6 Å². The van der Waals surface area contributed by atoms with Crippen molar-refractivity contribution >= 4 is 5.84 Å². The van der Waals surface area contributed by atoms with Crippen molar-refractivity contribution < 1.29 is 9.94 Å². The summed E-state index contributed by atoms with van der Waals surface area (Å²) in [6.07, 6.45) is 1.86. The lowest BCUT2D eigenvalue weighted by atomic mass is 10.3. The van der Waals surface area contributed by atoms with E-state index < -0.39 is 0 Å². The fourth-order valence-electron chi connectivity index (χ4n) is 0.963. The summed E-state index contributed by atoms with van der Waals surface area (Å²) in [5.41, 5.74) is 6.00. The highest BCUT2D eigenvalue weighted by Crippen LogP contribution is 2.05. The van der Waals surface area contributed by atoms with Gasteiger partial charge in [0.2, 0.25) is 0 Å². The molecule has 3 N–H and O–H groups in total. The Hall–Kier alpha value is -1.85. The number of nitrogens with two attached hydrogens (primary N) is 1. The molecule has 15 heavy (non-hydrogen) atoms. The summed E-state index contributed by atoms with van der Waals surface area (Å²) in [6, 6.07) is 1.99. The number of aromatic nitrogens is 2. The first kappa shape index (κ1) is 11.2. The van der Waals surface area contributed by atoms with Crippen LogP contribution in [-0.4, -0.2) is 27.1 Å². The van der Waals surface area contributed by atoms with Gasteiger partial charge in [-0.2, -0.15) is 4.98 Å². The van der Waals surface area contributed by atoms with Crippen molar-refractivity contribution in [2.45, 2.75) is 26.4 Å². The van der Waals surface area contributed by atoms with E-state index in [9.17, 15) is 0 Å². The van der Waals surface area contributed by atoms with Crippen LogP contribution in [0, 0.1) is 0 Å². The van der Waals surface area contributed by atoms with Gasteiger partial charge in [0.05, 0.1) is 18.2 Å². The second kappa shape index (κ2) is 5.14. The molecule has 82 valence electrons. The Morgan fingerprint density at radius 2 is 2.40 bits per heavy atom. The third-order valence-electron chi connectivity index (χ3n) is 1.52. The van der Waals surface area contributed by atoms with Crippen molar-refractivity contribution in [3.05, 3.63) is 18.0 Å². The van der Waals surface area contributed by atoms with Crippen LogP contribution in [0.5, 0.6) is 6.01 Å². The van der Waals surface area contributed by atoms with Crippen LogP contribution in [0.15, 0.2) is 17.4 Å². The van der Waals surface area contributed by atoms with Crippen molar-refractivity contribution in [1.29, 1.82) is 0 Å². The first-order valence-corrected chi connectivity index (χ1v) is 4.56. The van der Waals surface area contributed by atoms with Gasteiger partial charge < -0.3 is 15.7 Å². The maximum Gasteiger partial charge on any atom is 0.316 e. The molecule has 1 aromatic rings. The maximum atomic E-state index is 8.40. The number of hydrogen-bond acceptors (Lipinski definition) is 5. The van der Waals surface area contributed by atoms with E-state index in [1.165, 1.54) is 0 Å². The molecule has 0 unspecified atom stereocenters. The molecule has 1 aromatic heterocycles. The summed E-state index contributed by atoms with van der Waals surface area (Å²) in [7, 11) is 0. The van der Waals surface area contributed by atoms with Crippen LogP contribution in [0.2, 0.25) is 0 Å². The van der Waals surface area contributed by atoms with Gasteiger partial charge in [-0.3, -0.25) is 0 Å². The molecule has 1 rings (SSSR count). The van der Waals surface area contributed by atoms with E-state index in [1.807, 2.05) is 13.8 Å². The zero-order valence-corrected chi connectivity index (χ0v) is 8.71. The number of oxime groups is 1. The molecular weight excluding hydrogens is 196 g/mol. The molecule has 0 saturated heterocycles. The second-order valence-electron chi connectivity index (χ2n) is 3.27. The molecule has 6 nitrogen and oxygen atoms in total. The summed E-state index contributed by atoms with van der Waals surface area (Å²) in [4.78, 5) is 8.03. The molecule has 0 atom stereocenters. The highest BCUT2D eigenvalue weighted by Gasteiger charge is 2.04. The van der Waals surface area contributed by atoms with Crippen molar-refractivity contribution in [1.82, 2.24) is 9.97 Å². The van der Waals surface area contributed by atoms with E-state index in [2.05, 4.69) is 15.1 Å². The fourth-order valence-corrected chi connectivity index (χ4v) is 0.963. The van der Waals surface area contributed by atoms with Crippen LogP contribution in [0.25, 0.3) is 0 Å². The predicted molar refractivity (Wildman–Crippen MR) is 54.9 cm³/mol. The van der Waals surface area contributed by atoms with E-state index in [0.717, 1.165) is 0 Å². The minimum absolute atomic E-state index is 0.0177. The van der Waals surface area contributed by atoms with Gasteiger partial charge in [0.1, 0.15) is 5.84 Å². The van der Waals surface area contributed by atoms with Crippen LogP contribution in [0.4, 0.5) is 0 Å². The molecule has 0 spiro atoms. The van der Waals surface area contributed by atoms with Gasteiger partial charge in [0.25, 0.3) is 0 Å². The lowest BCUT2D eigenvalue weighted by Crippen LogP contribution is -2.16. The van der Waals surface area contributed by atoms with Gasteiger partial charge in [0.15, 0.2) is 0 Å². The molecule has 1 heterocycles. The molecule has 0 aliphatic rings. The number of ether oxygens (including phenoxy) is 1. The fraction of sp³-hybridized carbons (Fsp3) is 0.444. The Morgan fingerprint density at radius 3 is 3.00 bits per heavy atom. The Balaban J connectivity index is 2.74. The number of rotatable bonds is 4. The lowest BCUT2D eigenvalue weighted by Gasteiger charge is -2.07. The van der Waals surface area contributed by atoms with E-state index in [4.69, 9.17) is 15.7 Å². The molecule has 0 aliphatic heterocycles. The van der Waals surface area contributed by atoms with Crippen molar-refractivity contribution in [3.8, 4) is 6.01 Å². The minimum Gasteiger partial charge on any atom is -0.461 e. The van der Waals surface area contributed by atoms with Crippen molar-refractivity contribution in [2.75, 3.05) is 0 Å². The quantitative estimate of drug-likeness (QED) is 0.327. The predicted octanol–water partition coefficient (Wildman–Crippen LogP) is 0.553. The maximum absolute atomic E-state index is 8.40. The first-order valence-electron chi connectivity index (χ1n) is 4.56. The zero-order chi connectivity index (χ0) is 11.3. The van der Waals surface area contributed by atoms with Crippen LogP contribution < -0.4 is 10.5 Å². The van der Waals surface area contributed by atoms with Gasteiger partial charge in [-0.1, -0.05) is 5.16 Å². The summed E-state index contributed by atoms with van der Waals surface area (Å²) < 4.78 is 5.30. The third kappa shape index (κ3) is 3.80. The highest BCUT2D eigenvalue weighted by atomic mass is 16.5. The zero-order valence-electron chi connectivity index (χ0n) is 8.71. The summed E-state index contributed by atoms with van der Waals surface area (Å²) in [5, 5.41) is 11.3. The lowest BCUT2D eigenvalue weighted by molar-refractivity contribution is 0.221. The van der Waals surface area contributed by atoms with Crippen LogP contribution in [-0.2, 0) is 6.42 Å². The average Bonchev–Trinajstić information content (AvgIpc) is 2.17. The summed E-state index contributed by atoms with van der Waals surface area (Å²) in [6.45, 7) is 3.78. The SMILES string of the molecule is CC(C)Oc1nccc(C/C(N)=N/O)n1. The monoisotopic (exact) mass is 210 g/mol. The third-order valence-corrected chi connectivity index (χ3v) is 1.52. The molecule has 0 saturated carbocycles. The van der Waals surface area contributed by atoms with Gasteiger partial charge in [-0.25, -0.2) is 4.98 Å². The number of nitrogens with zero attached hydrogens (tertiary/aromatic N) is 3. The molecule has 0 aromatic carbocycles. The van der Waals surface area contributed by atoms with Crippen molar-refractivity contribution in [3.63, 3.8) is 0 Å². The number of hydrogen-bond donors (Lipinski definition) is 2. The molecule has 0 radical (unpaired) electrons. The molecule has 0 aliphatic carbocycles. The Bertz CT molecular complexity index is 352. The Morgan fingerprint density at radius 1 is 1.67 bits per heavy atom. The Labute approximate surface area is 87.8 Å². The Kier molecular flexibility index (Phi) is 3.84. The van der Waals surface area contributed by atoms with E-state index in [-0.39, 0.29) is 18.4 Å². The van der Waals surface area contributed by atoms with Gasteiger partial charge in [0, 0.05) is 6.20 Å². The smallest absolute Gasteiger partial charge is 0.316 e. The normalized spacial score (nSPS) is 11.8. The van der Waals surface area contributed by atoms with Crippen LogP contribution in [0.1, 0.15) is 19.5 Å². The van der Waals surface area contributed by atoms with Gasteiger partial charge >= 0.3 is 6.01 Å². The first-order chi connectivity index (χ1) is 7.11. The van der Waals surface area contributed by atoms with Gasteiger partial charge in [-0.15, -0.1) is 0 Å². The molecule has 6 heteroatoms. The average molecular weight is 210 g/mol. The molecule has 0 bridgehead atoms. The largest absolute Gasteiger partial charge is 0.461 e. The minimum atomic E-state index is 0.0177. The standard InChI is InChI=1S/C9H14N4O2/c1-6(2)15-9-11-4-3-7(12-9)5-8(10)13-14/h3-4,6,14H,5H2,1-2H3,(H2,10,13). The van der Waals surface area contributed by atoms with E-state index in [1.54, 1.807) is 12.3 Å². The van der Waals surface area contributed by atoms with E-state index in [0.29, 0.717) is 11.7 Å². The molecule has 0 fully saturated rings. The van der Waals surface area contributed by atoms with Gasteiger partial charge in [-0.05, 0) is 19.9 Å². The van der Waals surface area contributed by atoms with E-state index >= 15 is 0 Å². The van der Waals surface area contributed by atoms with Crippen LogP contribution in [0.3, 0.4) is 0 Å². The highest BCUT2D eigenvalue weighted by molar-refractivity contribution is 5.81.